The fourth-order valence-electron chi connectivity index (χ4n) is 15.4. The molecule has 3 saturated heterocycles. The lowest BCUT2D eigenvalue weighted by molar-refractivity contribution is 0.00578. The van der Waals surface area contributed by atoms with Gasteiger partial charge < -0.3 is 43.2 Å². The third-order valence-corrected chi connectivity index (χ3v) is 25.1. The van der Waals surface area contributed by atoms with Gasteiger partial charge in [-0.25, -0.2) is 15.0 Å². The van der Waals surface area contributed by atoms with Crippen LogP contribution < -0.4 is 22.1 Å². The Morgan fingerprint density at radius 3 is 1.11 bits per heavy atom. The van der Waals surface area contributed by atoms with E-state index in [1.165, 1.54) is 0 Å². The van der Waals surface area contributed by atoms with Gasteiger partial charge in [0.1, 0.15) is 0 Å². The lowest BCUT2D eigenvalue weighted by Crippen LogP contribution is -2.41. The Morgan fingerprint density at radius 2 is 0.727 bits per heavy atom. The second-order valence-electron chi connectivity index (χ2n) is 32.6. The van der Waals surface area contributed by atoms with E-state index in [4.69, 9.17) is 27.9 Å². The number of halogens is 3. The highest BCUT2D eigenvalue weighted by atomic mass is 79.9. The molecule has 26 heteroatoms. The van der Waals surface area contributed by atoms with Crippen molar-refractivity contribution in [3.63, 3.8) is 0 Å². The minimum atomic E-state index is -0.576. The van der Waals surface area contributed by atoms with Crippen LogP contribution in [-0.2, 0) is 39.7 Å². The van der Waals surface area contributed by atoms with Gasteiger partial charge in [0.25, 0.3) is 16.7 Å². The first-order valence-corrected chi connectivity index (χ1v) is 40.2. The van der Waals surface area contributed by atoms with E-state index >= 15 is 0 Å². The first-order chi connectivity index (χ1) is 51.9. The summed E-state index contributed by atoms with van der Waals surface area (Å²) < 4.78 is 42.3. The summed E-state index contributed by atoms with van der Waals surface area (Å²) in [5.41, 5.74) is 3.37. The van der Waals surface area contributed by atoms with E-state index in [1.54, 1.807) is 45.1 Å². The van der Waals surface area contributed by atoms with Crippen LogP contribution in [0.15, 0.2) is 178 Å². The molecule has 8 heterocycles. The van der Waals surface area contributed by atoms with Gasteiger partial charge in [0.05, 0.1) is 127 Å². The van der Waals surface area contributed by atoms with E-state index in [1.807, 2.05) is 204 Å². The van der Waals surface area contributed by atoms with Gasteiger partial charge in [0.2, 0.25) is 0 Å². The highest BCUT2D eigenvalue weighted by molar-refractivity contribution is 9.10. The van der Waals surface area contributed by atoms with Gasteiger partial charge in [0.15, 0.2) is 0 Å². The summed E-state index contributed by atoms with van der Waals surface area (Å²) in [6.45, 7) is 24.3. The Morgan fingerprint density at radius 1 is 0.400 bits per heavy atom. The molecular formula is C84H100B3Br3N8O12. The van der Waals surface area contributed by atoms with Crippen molar-refractivity contribution >= 4 is 140 Å². The van der Waals surface area contributed by atoms with E-state index in [9.17, 15) is 29.7 Å². The maximum atomic E-state index is 13.6. The summed E-state index contributed by atoms with van der Waals surface area (Å²) in [5.74, 6) is 0. The lowest BCUT2D eigenvalue weighted by Gasteiger charge is -2.32. The molecule has 110 heavy (non-hydrogen) atoms. The minimum absolute atomic E-state index is 0. The van der Waals surface area contributed by atoms with Crippen molar-refractivity contribution in [3.8, 4) is 0 Å². The summed E-state index contributed by atoms with van der Waals surface area (Å²) in [6.07, 6.45) is 18.3. The van der Waals surface area contributed by atoms with E-state index in [-0.39, 0.29) is 74.2 Å². The molecule has 0 amide bonds. The van der Waals surface area contributed by atoms with Crippen molar-refractivity contribution in [1.29, 1.82) is 0 Å². The van der Waals surface area contributed by atoms with Crippen LogP contribution in [0.2, 0.25) is 0 Å². The number of alkyl halides is 1. The van der Waals surface area contributed by atoms with Crippen LogP contribution in [0.3, 0.4) is 0 Å². The fraction of sp³-hybridized carbons (Fsp3) is 0.452. The quantitative estimate of drug-likeness (QED) is 0.0727. The Labute approximate surface area is 670 Å². The molecule has 3 N–H and O–H groups in total. The molecule has 0 unspecified atom stereocenters. The van der Waals surface area contributed by atoms with Gasteiger partial charge in [-0.3, -0.25) is 38.1 Å². The zero-order valence-electron chi connectivity index (χ0n) is 64.9. The predicted molar refractivity (Wildman–Crippen MR) is 451 cm³/mol. The van der Waals surface area contributed by atoms with Crippen molar-refractivity contribution in [1.82, 2.24) is 38.6 Å². The van der Waals surface area contributed by atoms with Crippen molar-refractivity contribution in [3.05, 3.63) is 211 Å². The highest BCUT2D eigenvalue weighted by Crippen LogP contribution is 2.44. The molecule has 0 bridgehead atoms. The van der Waals surface area contributed by atoms with E-state index < -0.39 is 50.7 Å². The van der Waals surface area contributed by atoms with Crippen molar-refractivity contribution in [2.45, 2.75) is 242 Å². The number of aliphatic hydroxyl groups excluding tert-OH is 3. The third kappa shape index (κ3) is 16.9. The second kappa shape index (κ2) is 33.6. The maximum absolute atomic E-state index is 13.6. The Balaban J connectivity index is 0.000000133. The van der Waals surface area contributed by atoms with Gasteiger partial charge in [-0.2, -0.15) is 0 Å². The SMILES string of the molecule is Br.BrCc1ccccn1.CC1(C)OB(B2OC(C)(C)C(C)(C)O2)OC1(C)C.CC1(C)OB(c2cc3c(=O)n([C@H]4CCCC[C@@H]4O)cnc3c3ccccc23)OC1(C)C.O=c1c2cc(Br)c3ccccc3c2ncn1[C@H]1CCCC[C@@H]1O.O=c1c2cc(Cc3ccccn3)c3ccccc3c2ncn1[C@H]1CCCC[C@@H]1O. The van der Waals surface area contributed by atoms with Crippen LogP contribution >= 0.6 is 48.8 Å². The van der Waals surface area contributed by atoms with Crippen LogP contribution in [0.5, 0.6) is 0 Å². The molecule has 3 aliphatic heterocycles. The average Bonchev–Trinajstić information content (AvgIpc) is 1.35. The number of aromatic nitrogens is 8. The summed E-state index contributed by atoms with van der Waals surface area (Å²) in [4.78, 5) is 62.3. The topological polar surface area (TPSA) is 247 Å². The van der Waals surface area contributed by atoms with E-state index in [0.717, 1.165) is 146 Å². The molecule has 6 aromatic carbocycles. The van der Waals surface area contributed by atoms with Crippen molar-refractivity contribution < 1.29 is 43.2 Å². The standard InChI is InChI=1S/C24H29BN2O4.C24H23N3O2.C18H17BrN2O2.C12H24B2O4.C6H6BrN.BrH/c1-23(2)24(3,4)31-25(30-23)18-13-17-21(16-10-6-5-9-15(16)18)26-14-27(22(17)29)19-11-7-8-12-20(19)28;28-22-11-4-3-10-21(22)27-15-26-23-19-9-2-1-8-18(19)16(14-20(23)24(27)29)13-17-7-5-6-12-25-17;19-14-9-13-17(12-6-2-1-5-11(12)14)20-10-21(18(13)23)15-7-3-4-8-16(15)22;1-9(2)10(3,4)16-13(15-9)14-17-11(5,6)12(7,8)18-14;7-5-6-3-1-2-4-8-6;/h5-6,9-10,13-14,19-20,28H,7-8,11-12H2,1-4H3;1-2,5-9,12,14-15,21-22,28H,3-4,10-11,13H2;1-2,5-6,9-10,15-16,22H,3-4,7-8H2;1-8H3;1-4H,5H2;1H/t19-,20-;21-,22-;15-,16-;;;/m000.../s1. The largest absolute Gasteiger partial charge is 0.495 e. The number of hydrogen-bond donors (Lipinski definition) is 3. The molecule has 3 saturated carbocycles. The summed E-state index contributed by atoms with van der Waals surface area (Å²) in [7, 11) is -1.53. The third-order valence-electron chi connectivity index (χ3n) is 23.8. The van der Waals surface area contributed by atoms with Crippen LogP contribution in [0.4, 0.5) is 0 Å². The molecular weight excluding hydrogens is 1590 g/mol. The molecule has 3 aliphatic carbocycles. The van der Waals surface area contributed by atoms with Gasteiger partial charge in [-0.15, -0.1) is 17.0 Å². The Bertz CT molecular complexity index is 5230. The van der Waals surface area contributed by atoms with E-state index in [2.05, 4.69) is 62.8 Å². The van der Waals surface area contributed by atoms with Gasteiger partial charge in [0, 0.05) is 50.5 Å². The van der Waals surface area contributed by atoms with Gasteiger partial charge in [-0.05, 0) is 191 Å². The lowest BCUT2D eigenvalue weighted by atomic mass is 9.49. The van der Waals surface area contributed by atoms with Crippen molar-refractivity contribution in [2.24, 2.45) is 0 Å². The molecule has 11 aromatic rings. The van der Waals surface area contributed by atoms with Crippen LogP contribution in [0, 0.1) is 0 Å². The first kappa shape index (κ1) is 82.5. The summed E-state index contributed by atoms with van der Waals surface area (Å²) in [5, 5.41) is 39.7. The summed E-state index contributed by atoms with van der Waals surface area (Å²) >= 11 is 6.85. The minimum Gasteiger partial charge on any atom is -0.405 e. The number of hydrogen-bond acceptors (Lipinski definition) is 17. The zero-order valence-corrected chi connectivity index (χ0v) is 69.7. The molecule has 17 rings (SSSR count). The molecule has 5 aromatic heterocycles. The zero-order chi connectivity index (χ0) is 77.5. The predicted octanol–water partition coefficient (Wildman–Crippen LogP) is 15.9. The smallest absolute Gasteiger partial charge is 0.405 e. The number of aliphatic hydroxyl groups is 3. The van der Waals surface area contributed by atoms with Crippen LogP contribution in [0.1, 0.15) is 195 Å². The number of rotatable bonds is 8. The Kier molecular flexibility index (Phi) is 25.3. The molecule has 6 fully saturated rings. The van der Waals surface area contributed by atoms with Crippen molar-refractivity contribution in [2.75, 3.05) is 0 Å². The average molecular weight is 1690 g/mol. The highest BCUT2D eigenvalue weighted by Gasteiger charge is 2.64. The fourth-order valence-corrected chi connectivity index (χ4v) is 16.3. The van der Waals surface area contributed by atoms with Crippen LogP contribution in [0.25, 0.3) is 65.0 Å². The molecule has 6 aliphatic rings. The number of benzene rings is 6. The first-order valence-electron chi connectivity index (χ1n) is 38.3. The monoisotopic (exact) mass is 1680 g/mol. The molecule has 20 nitrogen and oxygen atoms in total. The Hall–Kier alpha value is -6.91. The molecule has 0 spiro atoms. The number of nitrogens with zero attached hydrogens (tertiary/aromatic N) is 8. The van der Waals surface area contributed by atoms with E-state index in [0.29, 0.717) is 34.5 Å². The number of pyridine rings is 2. The maximum Gasteiger partial charge on any atom is 0.495 e. The molecule has 578 valence electrons. The second-order valence-corrected chi connectivity index (χ2v) is 34.0. The molecule has 6 atom stereocenters. The van der Waals surface area contributed by atoms with Gasteiger partial charge in [-0.1, -0.05) is 155 Å². The normalized spacial score (nSPS) is 22.8. The molecule has 0 radical (unpaired) electrons. The van der Waals surface area contributed by atoms with Crippen LogP contribution in [-0.4, -0.2) is 127 Å². The van der Waals surface area contributed by atoms with Gasteiger partial charge >= 0.3 is 21.1 Å². The number of fused-ring (bicyclic) bond motifs is 9. The summed E-state index contributed by atoms with van der Waals surface area (Å²) in [6, 6.07) is 40.8.